The highest BCUT2D eigenvalue weighted by molar-refractivity contribution is 7.93. The number of benzene rings is 1. The van der Waals surface area contributed by atoms with Gasteiger partial charge in [-0.25, -0.2) is 41.3 Å². The van der Waals surface area contributed by atoms with Gasteiger partial charge in [-0.2, -0.15) is 0 Å². The molecule has 0 aliphatic rings. The van der Waals surface area contributed by atoms with Crippen molar-refractivity contribution in [3.8, 4) is 23.7 Å². The third-order valence-electron chi connectivity index (χ3n) is 5.04. The predicted octanol–water partition coefficient (Wildman–Crippen LogP) is 3.40. The normalized spacial score (nSPS) is 11.8. The van der Waals surface area contributed by atoms with Gasteiger partial charge in [0.25, 0.3) is 10.0 Å². The highest BCUT2D eigenvalue weighted by Crippen LogP contribution is 2.33. The van der Waals surface area contributed by atoms with Crippen LogP contribution in [0.1, 0.15) is 17.0 Å². The van der Waals surface area contributed by atoms with E-state index in [2.05, 4.69) is 30.6 Å². The van der Waals surface area contributed by atoms with E-state index in [1.54, 1.807) is 17.8 Å². The number of terminal acetylenes is 1. The Morgan fingerprint density at radius 1 is 1.30 bits per heavy atom. The first-order chi connectivity index (χ1) is 15.6. The fourth-order valence-corrected chi connectivity index (χ4v) is 4.65. The number of hydrogen-bond donors (Lipinski definition) is 2. The number of aryl methyl sites for hydroxylation is 2. The molecule has 3 heterocycles. The molecule has 0 aliphatic heterocycles. The lowest BCUT2D eigenvalue weighted by atomic mass is 10.1. The Balaban J connectivity index is 1.78. The molecule has 4 rings (SSSR count). The van der Waals surface area contributed by atoms with E-state index in [1.165, 1.54) is 25.4 Å². The minimum atomic E-state index is -4.26. The van der Waals surface area contributed by atoms with Crippen LogP contribution in [0.25, 0.3) is 22.3 Å². The lowest BCUT2D eigenvalue weighted by Gasteiger charge is -2.11. The zero-order valence-corrected chi connectivity index (χ0v) is 18.2. The Morgan fingerprint density at radius 2 is 2.06 bits per heavy atom. The van der Waals surface area contributed by atoms with Crippen LogP contribution in [-0.4, -0.2) is 39.3 Å². The summed E-state index contributed by atoms with van der Waals surface area (Å²) in [5.74, 6) is 1.56. The van der Waals surface area contributed by atoms with Gasteiger partial charge in [0, 0.05) is 48.7 Å². The molecule has 0 radical (unpaired) electrons. The number of alkyl halides is 2. The van der Waals surface area contributed by atoms with Gasteiger partial charge in [0.05, 0.1) is 11.1 Å². The van der Waals surface area contributed by atoms with Crippen LogP contribution < -0.4 is 4.72 Å². The van der Waals surface area contributed by atoms with Gasteiger partial charge in [0.1, 0.15) is 22.2 Å². The lowest BCUT2D eigenvalue weighted by molar-refractivity contribution is 0.148. The Hall–Kier alpha value is -3.85. The molecule has 0 saturated carbocycles. The summed E-state index contributed by atoms with van der Waals surface area (Å²) >= 11 is 0. The van der Waals surface area contributed by atoms with Crippen LogP contribution in [0.2, 0.25) is 0 Å². The Bertz CT molecular complexity index is 1520. The summed E-state index contributed by atoms with van der Waals surface area (Å²) in [6.07, 6.45) is 6.40. The molecular formula is C21H17F3N6O2S. The van der Waals surface area contributed by atoms with Crippen molar-refractivity contribution in [2.24, 2.45) is 7.05 Å². The summed E-state index contributed by atoms with van der Waals surface area (Å²) in [5, 5.41) is 0.213. The van der Waals surface area contributed by atoms with Crippen LogP contribution in [0.5, 0.6) is 0 Å². The second-order valence-electron chi connectivity index (χ2n) is 7.16. The molecule has 0 saturated heterocycles. The maximum atomic E-state index is 14.6. The smallest absolute Gasteiger partial charge is 0.266 e. The molecule has 3 aromatic heterocycles. The largest absolute Gasteiger partial charge is 0.359 e. The Labute approximate surface area is 187 Å². The van der Waals surface area contributed by atoms with Gasteiger partial charge >= 0.3 is 0 Å². The second-order valence-corrected chi connectivity index (χ2v) is 8.82. The summed E-state index contributed by atoms with van der Waals surface area (Å²) in [5.41, 5.74) is 0.420. The monoisotopic (exact) mass is 474 g/mol. The zero-order valence-electron chi connectivity index (χ0n) is 17.4. The SMILES string of the molecule is C#Cc1nc(NS(=O)(=O)c2c[nH]c3c(-c4nccn4C)c(F)ccc23)nc(C)c1CC(F)F. The molecule has 0 unspecified atom stereocenters. The average Bonchev–Trinajstić information content (AvgIpc) is 3.36. The van der Waals surface area contributed by atoms with Crippen molar-refractivity contribution >= 4 is 26.9 Å². The average molecular weight is 474 g/mol. The number of hydrogen-bond acceptors (Lipinski definition) is 5. The van der Waals surface area contributed by atoms with Crippen LogP contribution in [0.3, 0.4) is 0 Å². The van der Waals surface area contributed by atoms with Gasteiger partial charge in [0.2, 0.25) is 12.4 Å². The molecule has 1 aromatic carbocycles. The minimum absolute atomic E-state index is 0.0673. The molecule has 0 aliphatic carbocycles. The first kappa shape index (κ1) is 22.3. The standard InChI is InChI=1S/C21H17F3N6O2S/c1-4-15-13(9-17(23)24)11(2)27-21(28-15)29-33(31,32)16-10-26-19-12(16)5-6-14(22)18(19)20-25-7-8-30(20)3/h1,5-8,10,17,26H,9H2,2-3H3,(H,27,28,29). The van der Waals surface area contributed by atoms with Gasteiger partial charge in [-0.3, -0.25) is 0 Å². The molecule has 12 heteroatoms. The van der Waals surface area contributed by atoms with Crippen molar-refractivity contribution in [3.63, 3.8) is 0 Å². The van der Waals surface area contributed by atoms with Gasteiger partial charge < -0.3 is 9.55 Å². The molecule has 0 fully saturated rings. The molecule has 170 valence electrons. The summed E-state index contributed by atoms with van der Waals surface area (Å²) in [7, 11) is -2.57. The van der Waals surface area contributed by atoms with Gasteiger partial charge in [-0.05, 0) is 25.0 Å². The van der Waals surface area contributed by atoms with E-state index >= 15 is 0 Å². The summed E-state index contributed by atoms with van der Waals surface area (Å²) in [6, 6.07) is 2.47. The van der Waals surface area contributed by atoms with Crippen molar-refractivity contribution in [2.75, 3.05) is 4.72 Å². The number of halogens is 3. The van der Waals surface area contributed by atoms with E-state index in [9.17, 15) is 21.6 Å². The maximum absolute atomic E-state index is 14.6. The van der Waals surface area contributed by atoms with Crippen LogP contribution in [-0.2, 0) is 23.5 Å². The topological polar surface area (TPSA) is 106 Å². The number of anilines is 1. The van der Waals surface area contributed by atoms with Crippen LogP contribution in [0.15, 0.2) is 35.6 Å². The minimum Gasteiger partial charge on any atom is -0.359 e. The number of rotatable bonds is 6. The fourth-order valence-electron chi connectivity index (χ4n) is 3.53. The fraction of sp³-hybridized carbons (Fsp3) is 0.190. The molecule has 8 nitrogen and oxygen atoms in total. The van der Waals surface area contributed by atoms with Crippen LogP contribution in [0, 0.1) is 25.1 Å². The van der Waals surface area contributed by atoms with E-state index in [0.29, 0.717) is 5.82 Å². The maximum Gasteiger partial charge on any atom is 0.266 e. The molecular weight excluding hydrogens is 457 g/mol. The van der Waals surface area contributed by atoms with Crippen molar-refractivity contribution in [3.05, 3.63) is 53.5 Å². The van der Waals surface area contributed by atoms with Gasteiger partial charge in [-0.1, -0.05) is 0 Å². The quantitative estimate of drug-likeness (QED) is 0.417. The van der Waals surface area contributed by atoms with E-state index in [-0.39, 0.29) is 44.3 Å². The number of sulfonamides is 1. The first-order valence-electron chi connectivity index (χ1n) is 9.54. The van der Waals surface area contributed by atoms with E-state index in [0.717, 1.165) is 6.07 Å². The number of nitrogens with zero attached hydrogens (tertiary/aromatic N) is 4. The highest BCUT2D eigenvalue weighted by Gasteiger charge is 2.25. The van der Waals surface area contributed by atoms with E-state index < -0.39 is 28.7 Å². The summed E-state index contributed by atoms with van der Waals surface area (Å²) < 4.78 is 70.3. The molecule has 4 aromatic rings. The summed E-state index contributed by atoms with van der Waals surface area (Å²) in [4.78, 5) is 14.6. The van der Waals surface area contributed by atoms with E-state index in [4.69, 9.17) is 6.42 Å². The van der Waals surface area contributed by atoms with Crippen LogP contribution in [0.4, 0.5) is 19.1 Å². The lowest BCUT2D eigenvalue weighted by Crippen LogP contribution is -2.17. The molecule has 0 bridgehead atoms. The Kier molecular flexibility index (Phi) is 5.59. The summed E-state index contributed by atoms with van der Waals surface area (Å²) in [6.45, 7) is 1.44. The number of aromatic amines is 1. The zero-order chi connectivity index (χ0) is 23.9. The molecule has 0 atom stereocenters. The molecule has 2 N–H and O–H groups in total. The van der Waals surface area contributed by atoms with Crippen molar-refractivity contribution in [1.29, 1.82) is 0 Å². The molecule has 0 amide bonds. The van der Waals surface area contributed by atoms with Gasteiger partial charge in [0.15, 0.2) is 0 Å². The third kappa shape index (κ3) is 4.03. The molecule has 33 heavy (non-hydrogen) atoms. The van der Waals surface area contributed by atoms with Crippen LogP contribution >= 0.6 is 0 Å². The number of imidazole rings is 1. The third-order valence-corrected chi connectivity index (χ3v) is 6.40. The predicted molar refractivity (Wildman–Crippen MR) is 116 cm³/mol. The first-order valence-corrected chi connectivity index (χ1v) is 11.0. The van der Waals surface area contributed by atoms with Crippen molar-refractivity contribution in [2.45, 2.75) is 24.7 Å². The van der Waals surface area contributed by atoms with Crippen molar-refractivity contribution < 1.29 is 21.6 Å². The highest BCUT2D eigenvalue weighted by atomic mass is 32.2. The van der Waals surface area contributed by atoms with Crippen molar-refractivity contribution in [1.82, 2.24) is 24.5 Å². The Morgan fingerprint density at radius 3 is 2.70 bits per heavy atom. The number of nitrogens with one attached hydrogen (secondary N) is 2. The van der Waals surface area contributed by atoms with Gasteiger partial charge in [-0.15, -0.1) is 6.42 Å². The molecule has 0 spiro atoms. The van der Waals surface area contributed by atoms with E-state index in [1.807, 2.05) is 0 Å². The second kappa shape index (κ2) is 8.25. The number of fused-ring (bicyclic) bond motifs is 1. The number of aromatic nitrogens is 5. The number of H-pyrrole nitrogens is 1.